The van der Waals surface area contributed by atoms with Gasteiger partial charge in [-0.25, -0.2) is 4.79 Å². The zero-order valence-corrected chi connectivity index (χ0v) is 14.2. The van der Waals surface area contributed by atoms with Crippen molar-refractivity contribution < 1.29 is 14.3 Å². The van der Waals surface area contributed by atoms with Crippen LogP contribution in [-0.2, 0) is 16.0 Å². The van der Waals surface area contributed by atoms with Gasteiger partial charge in [-0.1, -0.05) is 36.4 Å². The van der Waals surface area contributed by atoms with E-state index in [1.807, 2.05) is 37.4 Å². The molecule has 1 heterocycles. The third-order valence-corrected chi connectivity index (χ3v) is 4.26. The Kier molecular flexibility index (Phi) is 4.84. The van der Waals surface area contributed by atoms with Crippen molar-refractivity contribution in [2.24, 2.45) is 0 Å². The molecule has 2 N–H and O–H groups in total. The van der Waals surface area contributed by atoms with Gasteiger partial charge < -0.3 is 15.0 Å². The number of rotatable bonds is 5. The number of esters is 1. The monoisotopic (exact) mass is 336 g/mol. The quantitative estimate of drug-likeness (QED) is 0.704. The van der Waals surface area contributed by atoms with Crippen molar-refractivity contribution in [2.75, 3.05) is 7.11 Å². The van der Waals surface area contributed by atoms with Crippen molar-refractivity contribution >= 4 is 22.8 Å². The Bertz CT molecular complexity index is 900. The van der Waals surface area contributed by atoms with E-state index in [2.05, 4.69) is 10.3 Å². The molecule has 2 aromatic carbocycles. The molecule has 3 rings (SSSR count). The molecule has 3 aromatic rings. The highest BCUT2D eigenvalue weighted by Gasteiger charge is 2.24. The maximum atomic E-state index is 12.4. The molecule has 0 aliphatic heterocycles. The molecule has 0 aliphatic rings. The van der Waals surface area contributed by atoms with Crippen molar-refractivity contribution in [3.05, 3.63) is 71.4 Å². The highest BCUT2D eigenvalue weighted by Crippen LogP contribution is 2.22. The van der Waals surface area contributed by atoms with Crippen molar-refractivity contribution in [2.45, 2.75) is 19.4 Å². The largest absolute Gasteiger partial charge is 0.467 e. The highest BCUT2D eigenvalue weighted by molar-refractivity contribution is 5.97. The van der Waals surface area contributed by atoms with Crippen molar-refractivity contribution in [3.8, 4) is 0 Å². The van der Waals surface area contributed by atoms with E-state index in [9.17, 15) is 9.59 Å². The van der Waals surface area contributed by atoms with Crippen LogP contribution in [-0.4, -0.2) is 30.0 Å². The summed E-state index contributed by atoms with van der Waals surface area (Å²) in [6.45, 7) is 2.03. The first kappa shape index (κ1) is 16.8. The minimum Gasteiger partial charge on any atom is -0.467 e. The summed E-state index contributed by atoms with van der Waals surface area (Å²) < 4.78 is 4.87. The molecule has 1 unspecified atom stereocenters. The van der Waals surface area contributed by atoms with Crippen molar-refractivity contribution in [3.63, 3.8) is 0 Å². The summed E-state index contributed by atoms with van der Waals surface area (Å²) in [5.74, 6) is -0.765. The van der Waals surface area contributed by atoms with E-state index in [0.29, 0.717) is 12.0 Å². The average Bonchev–Trinajstić information content (AvgIpc) is 3.05. The van der Waals surface area contributed by atoms with Gasteiger partial charge in [-0.05, 0) is 30.2 Å². The predicted octanol–water partition coefficient (Wildman–Crippen LogP) is 2.99. The third kappa shape index (κ3) is 3.55. The molecular weight excluding hydrogens is 316 g/mol. The van der Waals surface area contributed by atoms with Crippen LogP contribution in [0.25, 0.3) is 10.9 Å². The van der Waals surface area contributed by atoms with Gasteiger partial charge in [0.2, 0.25) is 0 Å². The summed E-state index contributed by atoms with van der Waals surface area (Å²) in [5, 5.41) is 3.82. The SMILES string of the molecule is COC(=O)C(Cc1c[nH]c2c(C)cccc12)NC(=O)c1ccccc1. The molecule has 1 aromatic heterocycles. The number of hydrogen-bond acceptors (Lipinski definition) is 3. The Labute approximate surface area is 146 Å². The number of para-hydroxylation sites is 1. The predicted molar refractivity (Wildman–Crippen MR) is 96.5 cm³/mol. The minimum absolute atomic E-state index is 0.299. The average molecular weight is 336 g/mol. The Morgan fingerprint density at radius 3 is 2.60 bits per heavy atom. The summed E-state index contributed by atoms with van der Waals surface area (Å²) >= 11 is 0. The van der Waals surface area contributed by atoms with Gasteiger partial charge in [0.15, 0.2) is 0 Å². The zero-order chi connectivity index (χ0) is 17.8. The molecular formula is C20H20N2O3. The lowest BCUT2D eigenvalue weighted by molar-refractivity contribution is -0.142. The molecule has 0 saturated carbocycles. The van der Waals surface area contributed by atoms with E-state index in [0.717, 1.165) is 22.0 Å². The summed E-state index contributed by atoms with van der Waals surface area (Å²) in [7, 11) is 1.32. The van der Waals surface area contributed by atoms with E-state index in [1.54, 1.807) is 24.3 Å². The van der Waals surface area contributed by atoms with Gasteiger partial charge >= 0.3 is 5.97 Å². The second-order valence-corrected chi connectivity index (χ2v) is 5.93. The molecule has 1 amide bonds. The molecule has 5 nitrogen and oxygen atoms in total. The number of hydrogen-bond donors (Lipinski definition) is 2. The number of aromatic amines is 1. The molecule has 5 heteroatoms. The zero-order valence-electron chi connectivity index (χ0n) is 14.2. The standard InChI is InChI=1S/C20H20N2O3/c1-13-7-6-10-16-15(12-21-18(13)16)11-17(20(24)25-2)22-19(23)14-8-4-3-5-9-14/h3-10,12,17,21H,11H2,1-2H3,(H,22,23). The Morgan fingerprint density at radius 1 is 1.12 bits per heavy atom. The van der Waals surface area contributed by atoms with Crippen LogP contribution in [0, 0.1) is 6.92 Å². The topological polar surface area (TPSA) is 71.2 Å². The fourth-order valence-electron chi connectivity index (χ4n) is 2.92. The van der Waals surface area contributed by atoms with Crippen LogP contribution >= 0.6 is 0 Å². The number of carbonyl (C=O) groups is 2. The third-order valence-electron chi connectivity index (χ3n) is 4.26. The first-order valence-corrected chi connectivity index (χ1v) is 8.09. The van der Waals surface area contributed by atoms with Crippen LogP contribution in [0.4, 0.5) is 0 Å². The van der Waals surface area contributed by atoms with Crippen LogP contribution in [0.15, 0.2) is 54.7 Å². The number of H-pyrrole nitrogens is 1. The number of aromatic nitrogens is 1. The second kappa shape index (κ2) is 7.21. The van der Waals surface area contributed by atoms with Gasteiger partial charge in [0.1, 0.15) is 6.04 Å². The fourth-order valence-corrected chi connectivity index (χ4v) is 2.92. The molecule has 0 spiro atoms. The van der Waals surface area contributed by atoms with Crippen LogP contribution in [0.2, 0.25) is 0 Å². The van der Waals surface area contributed by atoms with E-state index >= 15 is 0 Å². The highest BCUT2D eigenvalue weighted by atomic mass is 16.5. The van der Waals surface area contributed by atoms with Gasteiger partial charge in [0.05, 0.1) is 7.11 Å². The normalized spacial score (nSPS) is 11.9. The van der Waals surface area contributed by atoms with Gasteiger partial charge in [0.25, 0.3) is 5.91 Å². The van der Waals surface area contributed by atoms with Crippen LogP contribution < -0.4 is 5.32 Å². The second-order valence-electron chi connectivity index (χ2n) is 5.93. The molecule has 0 radical (unpaired) electrons. The smallest absolute Gasteiger partial charge is 0.328 e. The number of nitrogens with one attached hydrogen (secondary N) is 2. The Morgan fingerprint density at radius 2 is 1.88 bits per heavy atom. The van der Waals surface area contributed by atoms with Crippen LogP contribution in [0.3, 0.4) is 0 Å². The van der Waals surface area contributed by atoms with E-state index < -0.39 is 12.0 Å². The van der Waals surface area contributed by atoms with E-state index in [-0.39, 0.29) is 5.91 Å². The maximum Gasteiger partial charge on any atom is 0.328 e. The van der Waals surface area contributed by atoms with Crippen LogP contribution in [0.5, 0.6) is 0 Å². The van der Waals surface area contributed by atoms with Crippen molar-refractivity contribution in [1.82, 2.24) is 10.3 Å². The van der Waals surface area contributed by atoms with Gasteiger partial charge in [-0.3, -0.25) is 4.79 Å². The minimum atomic E-state index is -0.753. The first-order valence-electron chi connectivity index (χ1n) is 8.09. The molecule has 25 heavy (non-hydrogen) atoms. The molecule has 0 fully saturated rings. The Hall–Kier alpha value is -3.08. The van der Waals surface area contributed by atoms with Gasteiger partial charge in [-0.2, -0.15) is 0 Å². The summed E-state index contributed by atoms with van der Waals surface area (Å²) in [5.41, 5.74) is 3.64. The summed E-state index contributed by atoms with van der Waals surface area (Å²) in [4.78, 5) is 27.8. The van der Waals surface area contributed by atoms with Gasteiger partial charge in [0, 0.05) is 29.1 Å². The number of aryl methyl sites for hydroxylation is 1. The Balaban J connectivity index is 1.85. The van der Waals surface area contributed by atoms with Gasteiger partial charge in [-0.15, -0.1) is 0 Å². The fraction of sp³-hybridized carbons (Fsp3) is 0.200. The summed E-state index contributed by atoms with van der Waals surface area (Å²) in [6, 6.07) is 14.1. The number of methoxy groups -OCH3 is 1. The maximum absolute atomic E-state index is 12.4. The van der Waals surface area contributed by atoms with E-state index in [1.165, 1.54) is 7.11 Å². The number of ether oxygens (including phenoxy) is 1. The molecule has 128 valence electrons. The molecule has 0 saturated heterocycles. The summed E-state index contributed by atoms with van der Waals surface area (Å²) in [6.07, 6.45) is 2.23. The lowest BCUT2D eigenvalue weighted by Gasteiger charge is -2.16. The number of amides is 1. The van der Waals surface area contributed by atoms with E-state index in [4.69, 9.17) is 4.74 Å². The molecule has 0 bridgehead atoms. The van der Waals surface area contributed by atoms with Crippen molar-refractivity contribution in [1.29, 1.82) is 0 Å². The lowest BCUT2D eigenvalue weighted by Crippen LogP contribution is -2.43. The molecule has 1 atom stereocenters. The lowest BCUT2D eigenvalue weighted by atomic mass is 10.0. The number of carbonyl (C=O) groups excluding carboxylic acids is 2. The number of benzene rings is 2. The molecule has 0 aliphatic carbocycles. The van der Waals surface area contributed by atoms with Crippen LogP contribution in [0.1, 0.15) is 21.5 Å². The number of fused-ring (bicyclic) bond motifs is 1. The first-order chi connectivity index (χ1) is 12.1.